The van der Waals surface area contributed by atoms with Gasteiger partial charge < -0.3 is 4.74 Å². The van der Waals surface area contributed by atoms with Crippen LogP contribution in [0.2, 0.25) is 0 Å². The molecule has 0 N–H and O–H groups in total. The molecule has 2 heterocycles. The summed E-state index contributed by atoms with van der Waals surface area (Å²) in [4.78, 5) is 9.24. The number of para-hydroxylation sites is 2. The van der Waals surface area contributed by atoms with Crippen LogP contribution >= 0.6 is 0 Å². The van der Waals surface area contributed by atoms with Gasteiger partial charge in [-0.15, -0.1) is 0 Å². The van der Waals surface area contributed by atoms with Crippen LogP contribution < -0.4 is 4.74 Å². The largest absolute Gasteiger partial charge is 0.497 e. The molecule has 2 aromatic carbocycles. The first-order valence-corrected chi connectivity index (χ1v) is 8.06. The number of rotatable bonds is 4. The first-order chi connectivity index (χ1) is 12.3. The van der Waals surface area contributed by atoms with Crippen molar-refractivity contribution in [2.75, 3.05) is 7.11 Å². The second-order valence-corrected chi connectivity index (χ2v) is 5.59. The first kappa shape index (κ1) is 15.1. The summed E-state index contributed by atoms with van der Waals surface area (Å²) in [6.45, 7) is 0. The van der Waals surface area contributed by atoms with Crippen LogP contribution in [0.3, 0.4) is 0 Å². The van der Waals surface area contributed by atoms with E-state index < -0.39 is 0 Å². The van der Waals surface area contributed by atoms with Gasteiger partial charge in [0.05, 0.1) is 18.1 Å². The summed E-state index contributed by atoms with van der Waals surface area (Å²) in [5, 5.41) is 0. The van der Waals surface area contributed by atoms with Crippen molar-refractivity contribution in [2.24, 2.45) is 0 Å². The van der Waals surface area contributed by atoms with Crippen molar-refractivity contribution in [1.82, 2.24) is 14.5 Å². The topological polar surface area (TPSA) is 39.9 Å². The third kappa shape index (κ3) is 3.02. The zero-order chi connectivity index (χ0) is 17.1. The third-order valence-electron chi connectivity index (χ3n) is 3.98. The number of fused-ring (bicyclic) bond motifs is 1. The Labute approximate surface area is 146 Å². The van der Waals surface area contributed by atoms with Crippen molar-refractivity contribution < 1.29 is 4.74 Å². The highest BCUT2D eigenvalue weighted by Gasteiger charge is 2.10. The van der Waals surface area contributed by atoms with Gasteiger partial charge in [0.1, 0.15) is 17.4 Å². The minimum Gasteiger partial charge on any atom is -0.497 e. The van der Waals surface area contributed by atoms with Crippen LogP contribution in [0.15, 0.2) is 72.9 Å². The predicted molar refractivity (Wildman–Crippen MR) is 101 cm³/mol. The molecule has 2 aromatic heterocycles. The average molecular weight is 327 g/mol. The Bertz CT molecular complexity index is 1040. The van der Waals surface area contributed by atoms with Crippen molar-refractivity contribution >= 4 is 23.2 Å². The Morgan fingerprint density at radius 3 is 2.64 bits per heavy atom. The van der Waals surface area contributed by atoms with E-state index in [0.717, 1.165) is 34.0 Å². The molecule has 0 bridgehead atoms. The SMILES string of the molecule is COc1cccc(/C=C/c2nc3ccccc3n2-c2ccccn2)c1. The summed E-state index contributed by atoms with van der Waals surface area (Å²) in [6, 6.07) is 21.9. The van der Waals surface area contributed by atoms with Crippen molar-refractivity contribution in [3.63, 3.8) is 0 Å². The molecule has 4 nitrogen and oxygen atoms in total. The van der Waals surface area contributed by atoms with Gasteiger partial charge in [-0.25, -0.2) is 9.97 Å². The molecule has 0 fully saturated rings. The van der Waals surface area contributed by atoms with Crippen LogP contribution in [-0.4, -0.2) is 21.6 Å². The first-order valence-electron chi connectivity index (χ1n) is 8.06. The molecule has 4 aromatic rings. The van der Waals surface area contributed by atoms with Gasteiger partial charge >= 0.3 is 0 Å². The van der Waals surface area contributed by atoms with Crippen molar-refractivity contribution in [1.29, 1.82) is 0 Å². The minimum atomic E-state index is 0.834. The van der Waals surface area contributed by atoms with Crippen LogP contribution in [0.1, 0.15) is 11.4 Å². The number of pyridine rings is 1. The Kier molecular flexibility index (Phi) is 4.01. The van der Waals surface area contributed by atoms with Crippen molar-refractivity contribution in [2.45, 2.75) is 0 Å². The molecule has 25 heavy (non-hydrogen) atoms. The predicted octanol–water partition coefficient (Wildman–Crippen LogP) is 4.60. The number of imidazole rings is 1. The second kappa shape index (κ2) is 6.61. The molecule has 0 atom stereocenters. The van der Waals surface area contributed by atoms with Gasteiger partial charge in [0.2, 0.25) is 0 Å². The molecule has 0 unspecified atom stereocenters. The maximum absolute atomic E-state index is 5.28. The van der Waals surface area contributed by atoms with E-state index >= 15 is 0 Å². The highest BCUT2D eigenvalue weighted by molar-refractivity contribution is 5.81. The second-order valence-electron chi connectivity index (χ2n) is 5.59. The maximum atomic E-state index is 5.28. The quantitative estimate of drug-likeness (QED) is 0.550. The lowest BCUT2D eigenvalue weighted by Crippen LogP contribution is -1.99. The molecule has 122 valence electrons. The van der Waals surface area contributed by atoms with Gasteiger partial charge in [-0.1, -0.05) is 36.4 Å². The highest BCUT2D eigenvalue weighted by atomic mass is 16.5. The van der Waals surface area contributed by atoms with E-state index in [0.29, 0.717) is 0 Å². The number of hydrogen-bond acceptors (Lipinski definition) is 3. The molecular weight excluding hydrogens is 310 g/mol. The normalized spacial score (nSPS) is 11.2. The molecule has 0 saturated carbocycles. The maximum Gasteiger partial charge on any atom is 0.139 e. The van der Waals surface area contributed by atoms with Gasteiger partial charge in [-0.05, 0) is 48.0 Å². The number of aromatic nitrogens is 3. The Morgan fingerprint density at radius 1 is 0.920 bits per heavy atom. The summed E-state index contributed by atoms with van der Waals surface area (Å²) < 4.78 is 7.34. The van der Waals surface area contributed by atoms with Crippen LogP contribution in [0.4, 0.5) is 0 Å². The zero-order valence-electron chi connectivity index (χ0n) is 13.8. The van der Waals surface area contributed by atoms with Crippen LogP contribution in [0, 0.1) is 0 Å². The lowest BCUT2D eigenvalue weighted by molar-refractivity contribution is 0.414. The van der Waals surface area contributed by atoms with E-state index in [1.807, 2.05) is 72.8 Å². The van der Waals surface area contributed by atoms with Gasteiger partial charge in [-0.3, -0.25) is 4.57 Å². The molecule has 4 heteroatoms. The van der Waals surface area contributed by atoms with E-state index in [4.69, 9.17) is 9.72 Å². The molecule has 0 spiro atoms. The van der Waals surface area contributed by atoms with Crippen molar-refractivity contribution in [3.8, 4) is 11.6 Å². The molecule has 0 amide bonds. The van der Waals surface area contributed by atoms with Crippen LogP contribution in [0.25, 0.3) is 29.0 Å². The van der Waals surface area contributed by atoms with E-state index in [9.17, 15) is 0 Å². The molecule has 0 aliphatic heterocycles. The fourth-order valence-electron chi connectivity index (χ4n) is 2.80. The Morgan fingerprint density at radius 2 is 1.80 bits per heavy atom. The van der Waals surface area contributed by atoms with Crippen LogP contribution in [0.5, 0.6) is 5.75 Å². The highest BCUT2D eigenvalue weighted by Crippen LogP contribution is 2.22. The fraction of sp³-hybridized carbons (Fsp3) is 0.0476. The molecular formula is C21H17N3O. The summed E-state index contributed by atoms with van der Waals surface area (Å²) >= 11 is 0. The Balaban J connectivity index is 1.82. The lowest BCUT2D eigenvalue weighted by Gasteiger charge is -2.05. The standard InChI is InChI=1S/C21H17N3O/c1-25-17-8-6-7-16(15-17)12-13-21-23-18-9-2-3-10-19(18)24(21)20-11-4-5-14-22-20/h2-15H,1H3/b13-12+. The van der Waals surface area contributed by atoms with E-state index in [2.05, 4.69) is 15.6 Å². The van der Waals surface area contributed by atoms with Crippen LogP contribution in [-0.2, 0) is 0 Å². The third-order valence-corrected chi connectivity index (χ3v) is 3.98. The van der Waals surface area contributed by atoms with Gasteiger partial charge in [-0.2, -0.15) is 0 Å². The molecule has 4 rings (SSSR count). The molecule has 0 aliphatic carbocycles. The number of hydrogen-bond donors (Lipinski definition) is 0. The van der Waals surface area contributed by atoms with E-state index in [1.165, 1.54) is 0 Å². The Hall–Kier alpha value is -3.40. The summed E-state index contributed by atoms with van der Waals surface area (Å²) in [5.41, 5.74) is 3.03. The van der Waals surface area contributed by atoms with Crippen molar-refractivity contribution in [3.05, 3.63) is 84.3 Å². The summed E-state index contributed by atoms with van der Waals surface area (Å²) in [7, 11) is 1.67. The summed E-state index contributed by atoms with van der Waals surface area (Å²) in [5.74, 6) is 2.52. The zero-order valence-corrected chi connectivity index (χ0v) is 13.8. The van der Waals surface area contributed by atoms with Gasteiger partial charge in [0.25, 0.3) is 0 Å². The van der Waals surface area contributed by atoms with E-state index in [-0.39, 0.29) is 0 Å². The number of ether oxygens (including phenoxy) is 1. The minimum absolute atomic E-state index is 0.834. The summed E-state index contributed by atoms with van der Waals surface area (Å²) in [6.07, 6.45) is 5.83. The lowest BCUT2D eigenvalue weighted by atomic mass is 10.2. The monoisotopic (exact) mass is 327 g/mol. The molecule has 0 aliphatic rings. The van der Waals surface area contributed by atoms with E-state index in [1.54, 1.807) is 13.3 Å². The average Bonchev–Trinajstić information content (AvgIpc) is 3.05. The number of methoxy groups -OCH3 is 1. The fourth-order valence-corrected chi connectivity index (χ4v) is 2.80. The van der Waals surface area contributed by atoms with Gasteiger partial charge in [0.15, 0.2) is 0 Å². The smallest absolute Gasteiger partial charge is 0.139 e. The van der Waals surface area contributed by atoms with Gasteiger partial charge in [0, 0.05) is 6.20 Å². The molecule has 0 radical (unpaired) electrons. The number of nitrogens with zero attached hydrogens (tertiary/aromatic N) is 3. The molecule has 0 saturated heterocycles. The number of benzene rings is 2.